The standard InChI is InChI=1S/C17H14N4O2S/c1-22-15-6-11(7-19-21-15)10-3-4-13-12(5-10)9-23-16-14(13)8-18-17(20-16)24-2/h3-8H,9H2,1-2H3. The van der Waals surface area contributed by atoms with E-state index in [0.717, 1.165) is 27.8 Å². The van der Waals surface area contributed by atoms with Gasteiger partial charge in [0, 0.05) is 17.8 Å². The van der Waals surface area contributed by atoms with Crippen LogP contribution in [0.1, 0.15) is 5.56 Å². The van der Waals surface area contributed by atoms with Crippen LogP contribution < -0.4 is 9.47 Å². The summed E-state index contributed by atoms with van der Waals surface area (Å²) in [6.45, 7) is 0.483. The minimum atomic E-state index is 0.483. The lowest BCUT2D eigenvalue weighted by Gasteiger charge is -2.20. The molecule has 120 valence electrons. The molecule has 0 N–H and O–H groups in total. The van der Waals surface area contributed by atoms with E-state index in [1.165, 1.54) is 11.8 Å². The molecule has 0 saturated carbocycles. The topological polar surface area (TPSA) is 70.0 Å². The first-order chi connectivity index (χ1) is 11.8. The fourth-order valence-electron chi connectivity index (χ4n) is 2.65. The van der Waals surface area contributed by atoms with Crippen LogP contribution in [0.4, 0.5) is 0 Å². The largest absolute Gasteiger partial charge is 0.480 e. The number of benzene rings is 1. The van der Waals surface area contributed by atoms with Gasteiger partial charge in [0.15, 0.2) is 5.16 Å². The van der Waals surface area contributed by atoms with E-state index in [9.17, 15) is 0 Å². The van der Waals surface area contributed by atoms with Gasteiger partial charge >= 0.3 is 0 Å². The second-order valence-corrected chi connectivity index (χ2v) is 6.00. The Kier molecular flexibility index (Phi) is 3.78. The van der Waals surface area contributed by atoms with Crippen LogP contribution in [0.25, 0.3) is 22.3 Å². The van der Waals surface area contributed by atoms with Crippen molar-refractivity contribution in [3.05, 3.63) is 42.2 Å². The fourth-order valence-corrected chi connectivity index (χ4v) is 2.98. The molecule has 0 aliphatic carbocycles. The van der Waals surface area contributed by atoms with Crippen molar-refractivity contribution in [1.29, 1.82) is 0 Å². The second kappa shape index (κ2) is 6.09. The third-order valence-corrected chi connectivity index (χ3v) is 4.41. The zero-order chi connectivity index (χ0) is 16.5. The van der Waals surface area contributed by atoms with Gasteiger partial charge in [-0.25, -0.2) is 4.98 Å². The Morgan fingerprint density at radius 2 is 2.04 bits per heavy atom. The summed E-state index contributed by atoms with van der Waals surface area (Å²) in [5.74, 6) is 1.13. The number of aromatic nitrogens is 4. The molecule has 7 heteroatoms. The summed E-state index contributed by atoms with van der Waals surface area (Å²) in [7, 11) is 1.58. The highest BCUT2D eigenvalue weighted by Crippen LogP contribution is 2.38. The SMILES string of the molecule is COc1cc(-c2ccc3c(c2)COc2nc(SC)ncc2-3)cnn1. The number of thioether (sulfide) groups is 1. The minimum Gasteiger partial charge on any atom is -0.480 e. The molecule has 0 spiro atoms. The normalized spacial score (nSPS) is 12.1. The zero-order valence-corrected chi connectivity index (χ0v) is 14.0. The molecule has 3 heterocycles. The van der Waals surface area contributed by atoms with Crippen LogP contribution in [0.5, 0.6) is 11.8 Å². The monoisotopic (exact) mass is 338 g/mol. The van der Waals surface area contributed by atoms with E-state index in [4.69, 9.17) is 9.47 Å². The molecule has 6 nitrogen and oxygen atoms in total. The molecular formula is C17H14N4O2S. The van der Waals surface area contributed by atoms with Gasteiger partial charge in [-0.15, -0.1) is 5.10 Å². The maximum Gasteiger partial charge on any atom is 0.233 e. The molecule has 4 rings (SSSR count). The Hall–Kier alpha value is -2.67. The van der Waals surface area contributed by atoms with Crippen molar-refractivity contribution in [3.8, 4) is 34.0 Å². The lowest BCUT2D eigenvalue weighted by Crippen LogP contribution is -2.08. The lowest BCUT2D eigenvalue weighted by atomic mass is 9.96. The highest BCUT2D eigenvalue weighted by atomic mass is 32.2. The minimum absolute atomic E-state index is 0.483. The highest BCUT2D eigenvalue weighted by Gasteiger charge is 2.20. The van der Waals surface area contributed by atoms with Crippen LogP contribution in [-0.4, -0.2) is 33.5 Å². The van der Waals surface area contributed by atoms with Crippen molar-refractivity contribution in [2.45, 2.75) is 11.8 Å². The maximum atomic E-state index is 5.81. The smallest absolute Gasteiger partial charge is 0.233 e. The van der Waals surface area contributed by atoms with E-state index < -0.39 is 0 Å². The Balaban J connectivity index is 1.76. The molecule has 0 amide bonds. The van der Waals surface area contributed by atoms with Crippen LogP contribution in [0.15, 0.2) is 41.8 Å². The second-order valence-electron chi connectivity index (χ2n) is 5.22. The van der Waals surface area contributed by atoms with Crippen molar-refractivity contribution in [2.75, 3.05) is 13.4 Å². The van der Waals surface area contributed by atoms with E-state index in [-0.39, 0.29) is 0 Å². The van der Waals surface area contributed by atoms with Gasteiger partial charge in [0.1, 0.15) is 6.61 Å². The number of rotatable bonds is 3. The molecule has 0 bridgehead atoms. The van der Waals surface area contributed by atoms with Gasteiger partial charge in [-0.1, -0.05) is 23.9 Å². The first-order valence-corrected chi connectivity index (χ1v) is 8.55. The summed E-state index contributed by atoms with van der Waals surface area (Å²) in [5, 5.41) is 8.58. The van der Waals surface area contributed by atoms with Crippen molar-refractivity contribution < 1.29 is 9.47 Å². The number of hydrogen-bond donors (Lipinski definition) is 0. The van der Waals surface area contributed by atoms with Gasteiger partial charge in [-0.2, -0.15) is 10.1 Å². The van der Waals surface area contributed by atoms with Crippen LogP contribution in [0.3, 0.4) is 0 Å². The van der Waals surface area contributed by atoms with Crippen molar-refractivity contribution >= 4 is 11.8 Å². The molecule has 0 atom stereocenters. The predicted molar refractivity (Wildman–Crippen MR) is 91.2 cm³/mol. The molecule has 1 aromatic carbocycles. The van der Waals surface area contributed by atoms with E-state index in [1.54, 1.807) is 13.3 Å². The third kappa shape index (κ3) is 2.56. The Labute approximate surface area is 143 Å². The van der Waals surface area contributed by atoms with E-state index >= 15 is 0 Å². The molecule has 1 aliphatic heterocycles. The van der Waals surface area contributed by atoms with Crippen LogP contribution >= 0.6 is 11.8 Å². The zero-order valence-electron chi connectivity index (χ0n) is 13.2. The summed E-state index contributed by atoms with van der Waals surface area (Å²) in [6.07, 6.45) is 5.49. The summed E-state index contributed by atoms with van der Waals surface area (Å²) < 4.78 is 11.0. The van der Waals surface area contributed by atoms with E-state index in [1.807, 2.05) is 24.6 Å². The van der Waals surface area contributed by atoms with Gasteiger partial charge in [0.05, 0.1) is 18.9 Å². The molecule has 24 heavy (non-hydrogen) atoms. The first-order valence-electron chi connectivity index (χ1n) is 7.32. The summed E-state index contributed by atoms with van der Waals surface area (Å²) >= 11 is 1.50. The molecule has 0 unspecified atom stereocenters. The Morgan fingerprint density at radius 3 is 2.88 bits per heavy atom. The number of methoxy groups -OCH3 is 1. The Bertz CT molecular complexity index is 917. The molecule has 0 saturated heterocycles. The quantitative estimate of drug-likeness (QED) is 0.536. The maximum absolute atomic E-state index is 5.81. The van der Waals surface area contributed by atoms with Crippen LogP contribution in [0, 0.1) is 0 Å². The van der Waals surface area contributed by atoms with Crippen LogP contribution in [0.2, 0.25) is 0 Å². The molecular weight excluding hydrogens is 324 g/mol. The van der Waals surface area contributed by atoms with E-state index in [2.05, 4.69) is 32.3 Å². The van der Waals surface area contributed by atoms with Crippen molar-refractivity contribution in [2.24, 2.45) is 0 Å². The molecule has 0 radical (unpaired) electrons. The van der Waals surface area contributed by atoms with Gasteiger partial charge < -0.3 is 9.47 Å². The molecule has 3 aromatic rings. The third-order valence-electron chi connectivity index (χ3n) is 3.85. The predicted octanol–water partition coefficient (Wildman–Crippen LogP) is 3.22. The summed E-state index contributed by atoms with van der Waals surface area (Å²) in [6, 6.07) is 8.07. The van der Waals surface area contributed by atoms with Crippen molar-refractivity contribution in [3.63, 3.8) is 0 Å². The van der Waals surface area contributed by atoms with Crippen molar-refractivity contribution in [1.82, 2.24) is 20.2 Å². The number of nitrogens with zero attached hydrogens (tertiary/aromatic N) is 4. The number of ether oxygens (including phenoxy) is 2. The van der Waals surface area contributed by atoms with Gasteiger partial charge in [0.25, 0.3) is 0 Å². The highest BCUT2D eigenvalue weighted by molar-refractivity contribution is 7.98. The number of hydrogen-bond acceptors (Lipinski definition) is 7. The van der Waals surface area contributed by atoms with Gasteiger partial charge in [0.2, 0.25) is 11.8 Å². The number of fused-ring (bicyclic) bond motifs is 3. The van der Waals surface area contributed by atoms with E-state index in [0.29, 0.717) is 23.5 Å². The van der Waals surface area contributed by atoms with Crippen LogP contribution in [-0.2, 0) is 6.61 Å². The molecule has 1 aliphatic rings. The van der Waals surface area contributed by atoms with Gasteiger partial charge in [-0.05, 0) is 29.0 Å². The fraction of sp³-hybridized carbons (Fsp3) is 0.176. The first kappa shape index (κ1) is 14.9. The average Bonchev–Trinajstić information content (AvgIpc) is 2.66. The summed E-state index contributed by atoms with van der Waals surface area (Å²) in [5.41, 5.74) is 5.10. The lowest BCUT2D eigenvalue weighted by molar-refractivity contribution is 0.286. The Morgan fingerprint density at radius 1 is 1.12 bits per heavy atom. The molecule has 2 aromatic heterocycles. The van der Waals surface area contributed by atoms with Gasteiger partial charge in [-0.3, -0.25) is 0 Å². The average molecular weight is 338 g/mol. The molecule has 0 fully saturated rings. The summed E-state index contributed by atoms with van der Waals surface area (Å²) in [4.78, 5) is 8.78.